The minimum absolute atomic E-state index is 0.658. The topological polar surface area (TPSA) is 55.1 Å². The molecule has 0 radical (unpaired) electrons. The molecule has 7 heteroatoms. The third-order valence-electron chi connectivity index (χ3n) is 3.74. The number of hydrogen-bond donors (Lipinski definition) is 1. The van der Waals surface area contributed by atoms with E-state index < -0.39 is 0 Å². The van der Waals surface area contributed by atoms with E-state index >= 15 is 0 Å². The molecule has 0 atom stereocenters. The molecule has 2 aromatic carbocycles. The summed E-state index contributed by atoms with van der Waals surface area (Å²) in [4.78, 5) is 9.10. The molecule has 0 unspecified atom stereocenters. The van der Waals surface area contributed by atoms with Crippen molar-refractivity contribution in [1.29, 1.82) is 0 Å². The van der Waals surface area contributed by atoms with Crippen LogP contribution < -0.4 is 5.43 Å². The minimum Gasteiger partial charge on any atom is -0.276 e. The Morgan fingerprint density at radius 3 is 2.46 bits per heavy atom. The summed E-state index contributed by atoms with van der Waals surface area (Å²) in [5, 5.41) is 4.31. The molecule has 0 saturated carbocycles. The van der Waals surface area contributed by atoms with Gasteiger partial charge in [-0.05, 0) is 36.8 Å². The van der Waals surface area contributed by atoms with Crippen molar-refractivity contribution >= 4 is 45.9 Å². The number of thiazole rings is 1. The summed E-state index contributed by atoms with van der Waals surface area (Å²) in [6.45, 7) is 1.86. The number of aryl methyl sites for hydroxylation is 1. The van der Waals surface area contributed by atoms with Crippen molar-refractivity contribution in [3.63, 3.8) is 0 Å². The van der Waals surface area contributed by atoms with Crippen LogP contribution in [0.4, 0.5) is 5.82 Å². The van der Waals surface area contributed by atoms with E-state index in [1.54, 1.807) is 6.21 Å². The van der Waals surface area contributed by atoms with Crippen LogP contribution in [0.15, 0.2) is 65.8 Å². The van der Waals surface area contributed by atoms with Gasteiger partial charge in [-0.1, -0.05) is 59.9 Å². The maximum Gasteiger partial charge on any atom is 0.169 e. The predicted octanol–water partition coefficient (Wildman–Crippen LogP) is 4.97. The second-order valence-corrected chi connectivity index (χ2v) is 7.24. The van der Waals surface area contributed by atoms with Gasteiger partial charge in [-0.15, -0.1) is 0 Å². The first kappa shape index (κ1) is 16.6. The number of nitrogens with zero attached hydrogens (tertiary/aromatic N) is 4. The Morgan fingerprint density at radius 2 is 1.73 bits per heavy atom. The van der Waals surface area contributed by atoms with Crippen LogP contribution in [0.2, 0.25) is 0 Å². The molecule has 1 N–H and O–H groups in total. The second-order valence-electron chi connectivity index (χ2n) is 5.59. The summed E-state index contributed by atoms with van der Waals surface area (Å²) in [5.74, 6) is 1.32. The van der Waals surface area contributed by atoms with E-state index in [1.807, 2.05) is 72.2 Å². The smallest absolute Gasteiger partial charge is 0.169 e. The van der Waals surface area contributed by atoms with Crippen LogP contribution in [0, 0.1) is 10.9 Å². The molecule has 0 aliphatic heterocycles. The SMILES string of the molecule is Cc1nc(N/N=C/c2ccccc2)c2sc(=S)n(-c3ccccc3)c2n1. The molecule has 26 heavy (non-hydrogen) atoms. The second kappa shape index (κ2) is 7.15. The van der Waals surface area contributed by atoms with E-state index in [2.05, 4.69) is 20.5 Å². The zero-order chi connectivity index (χ0) is 17.9. The average Bonchev–Trinajstić information content (AvgIpc) is 2.99. The summed E-state index contributed by atoms with van der Waals surface area (Å²) in [7, 11) is 0. The molecule has 0 amide bonds. The highest BCUT2D eigenvalue weighted by atomic mass is 32.1. The Balaban J connectivity index is 1.77. The maximum absolute atomic E-state index is 5.57. The van der Waals surface area contributed by atoms with Gasteiger partial charge in [0.2, 0.25) is 0 Å². The molecular weight excluding hydrogens is 362 g/mol. The lowest BCUT2D eigenvalue weighted by atomic mass is 10.2. The predicted molar refractivity (Wildman–Crippen MR) is 110 cm³/mol. The quantitative estimate of drug-likeness (QED) is 0.310. The summed E-state index contributed by atoms with van der Waals surface area (Å²) < 4.78 is 3.58. The Bertz CT molecular complexity index is 1130. The van der Waals surface area contributed by atoms with Crippen LogP contribution in [0.25, 0.3) is 16.0 Å². The summed E-state index contributed by atoms with van der Waals surface area (Å²) in [5.41, 5.74) is 5.82. The highest BCUT2D eigenvalue weighted by Crippen LogP contribution is 2.30. The van der Waals surface area contributed by atoms with Crippen molar-refractivity contribution in [2.75, 3.05) is 5.43 Å². The lowest BCUT2D eigenvalue weighted by Crippen LogP contribution is -2.01. The first-order valence-corrected chi connectivity index (χ1v) is 9.24. The summed E-state index contributed by atoms with van der Waals surface area (Å²) in [6, 6.07) is 19.9. The van der Waals surface area contributed by atoms with Gasteiger partial charge in [-0.3, -0.25) is 9.99 Å². The lowest BCUT2D eigenvalue weighted by molar-refractivity contribution is 1.02. The van der Waals surface area contributed by atoms with Gasteiger partial charge in [0.15, 0.2) is 15.4 Å². The third kappa shape index (κ3) is 3.26. The number of hydrazone groups is 1. The van der Waals surface area contributed by atoms with Crippen LogP contribution in [-0.4, -0.2) is 20.7 Å². The fourth-order valence-electron chi connectivity index (χ4n) is 2.60. The normalized spacial score (nSPS) is 11.3. The van der Waals surface area contributed by atoms with Crippen LogP contribution in [0.3, 0.4) is 0 Å². The highest BCUT2D eigenvalue weighted by molar-refractivity contribution is 7.73. The molecule has 0 saturated heterocycles. The number of fused-ring (bicyclic) bond motifs is 1. The molecule has 2 heterocycles. The van der Waals surface area contributed by atoms with E-state index in [1.165, 1.54) is 11.3 Å². The fourth-order valence-corrected chi connectivity index (χ4v) is 3.92. The molecule has 4 rings (SSSR count). The van der Waals surface area contributed by atoms with Gasteiger partial charge < -0.3 is 0 Å². The van der Waals surface area contributed by atoms with Gasteiger partial charge >= 0.3 is 0 Å². The van der Waals surface area contributed by atoms with Crippen LogP contribution in [0.5, 0.6) is 0 Å². The fraction of sp³-hybridized carbons (Fsp3) is 0.0526. The molecule has 128 valence electrons. The largest absolute Gasteiger partial charge is 0.276 e. The number of hydrogen-bond acceptors (Lipinski definition) is 6. The highest BCUT2D eigenvalue weighted by Gasteiger charge is 2.14. The van der Waals surface area contributed by atoms with Gasteiger partial charge in [0.05, 0.1) is 6.21 Å². The van der Waals surface area contributed by atoms with Crippen molar-refractivity contribution < 1.29 is 0 Å². The molecule has 0 bridgehead atoms. The molecule has 0 aliphatic rings. The number of anilines is 1. The summed E-state index contributed by atoms with van der Waals surface area (Å²) >= 11 is 7.05. The van der Waals surface area contributed by atoms with Crippen molar-refractivity contribution in [2.45, 2.75) is 6.92 Å². The number of para-hydroxylation sites is 1. The Hall–Kier alpha value is -2.90. The Kier molecular flexibility index (Phi) is 4.55. The van der Waals surface area contributed by atoms with Crippen molar-refractivity contribution in [2.24, 2.45) is 5.10 Å². The zero-order valence-electron chi connectivity index (χ0n) is 14.0. The van der Waals surface area contributed by atoms with Crippen LogP contribution in [0.1, 0.15) is 11.4 Å². The van der Waals surface area contributed by atoms with Crippen LogP contribution >= 0.6 is 23.6 Å². The average molecular weight is 377 g/mol. The van der Waals surface area contributed by atoms with Gasteiger partial charge in [0, 0.05) is 5.69 Å². The summed E-state index contributed by atoms with van der Waals surface area (Å²) in [6.07, 6.45) is 1.76. The van der Waals surface area contributed by atoms with E-state index in [9.17, 15) is 0 Å². The van der Waals surface area contributed by atoms with E-state index in [-0.39, 0.29) is 0 Å². The standard InChI is InChI=1S/C19H15N5S2/c1-13-21-17(23-20-12-14-8-4-2-5-9-14)16-18(22-13)24(19(25)26-16)15-10-6-3-7-11-15/h2-12H,1H3,(H,21,22,23)/b20-12+. The van der Waals surface area contributed by atoms with Gasteiger partial charge in [0.1, 0.15) is 10.5 Å². The first-order valence-electron chi connectivity index (χ1n) is 8.02. The lowest BCUT2D eigenvalue weighted by Gasteiger charge is -2.06. The molecule has 0 spiro atoms. The Labute approximate surface area is 159 Å². The molecular formula is C19H15N5S2. The molecule has 0 aliphatic carbocycles. The number of rotatable bonds is 4. The van der Waals surface area contributed by atoms with Crippen molar-refractivity contribution in [3.8, 4) is 5.69 Å². The monoisotopic (exact) mass is 377 g/mol. The maximum atomic E-state index is 5.57. The van der Waals surface area contributed by atoms with Gasteiger partial charge in [-0.2, -0.15) is 5.10 Å². The number of aromatic nitrogens is 3. The van der Waals surface area contributed by atoms with E-state index in [0.29, 0.717) is 11.6 Å². The number of nitrogens with one attached hydrogen (secondary N) is 1. The Morgan fingerprint density at radius 1 is 1.04 bits per heavy atom. The number of benzene rings is 2. The minimum atomic E-state index is 0.658. The van der Waals surface area contributed by atoms with Gasteiger partial charge in [-0.25, -0.2) is 9.97 Å². The zero-order valence-corrected chi connectivity index (χ0v) is 15.6. The molecule has 5 nitrogen and oxygen atoms in total. The molecule has 0 fully saturated rings. The van der Waals surface area contributed by atoms with Gasteiger partial charge in [0.25, 0.3) is 0 Å². The molecule has 2 aromatic heterocycles. The van der Waals surface area contributed by atoms with Crippen LogP contribution in [-0.2, 0) is 0 Å². The third-order valence-corrected chi connectivity index (χ3v) is 5.11. The van der Waals surface area contributed by atoms with E-state index in [4.69, 9.17) is 12.2 Å². The molecule has 4 aromatic rings. The van der Waals surface area contributed by atoms with Crippen molar-refractivity contribution in [1.82, 2.24) is 14.5 Å². The van der Waals surface area contributed by atoms with E-state index in [0.717, 1.165) is 25.6 Å². The van der Waals surface area contributed by atoms with Crippen molar-refractivity contribution in [3.05, 3.63) is 76.0 Å². The first-order chi connectivity index (χ1) is 12.7.